The molecule has 1 fully saturated rings. The lowest BCUT2D eigenvalue weighted by Gasteiger charge is -2.32. The fraction of sp³-hybridized carbons (Fsp3) is 0.562. The van der Waals surface area contributed by atoms with E-state index >= 15 is 0 Å². The quantitative estimate of drug-likeness (QED) is 0.791. The highest BCUT2D eigenvalue weighted by Gasteiger charge is 2.27. The zero-order chi connectivity index (χ0) is 17.7. The minimum atomic E-state index is -3.44. The van der Waals surface area contributed by atoms with Gasteiger partial charge in [0.1, 0.15) is 18.4 Å². The Bertz CT molecular complexity index is 658. The number of ether oxygens (including phenoxy) is 1. The van der Waals surface area contributed by atoms with Gasteiger partial charge in [-0.1, -0.05) is 6.42 Å². The Morgan fingerprint density at radius 3 is 2.54 bits per heavy atom. The molecule has 0 bridgehead atoms. The maximum atomic E-state index is 12.0. The molecule has 1 aromatic rings. The molecule has 1 N–H and O–H groups in total. The summed E-state index contributed by atoms with van der Waals surface area (Å²) in [6, 6.07) is 5.80. The summed E-state index contributed by atoms with van der Waals surface area (Å²) >= 11 is 0. The molecule has 24 heavy (non-hydrogen) atoms. The molecule has 0 saturated carbocycles. The first kappa shape index (κ1) is 18.7. The Labute approximate surface area is 142 Å². The standard InChI is InChI=1S/C16H24N2O5S/c1-17(2)24(21,22)14-8-6-13(7-9-14)23-12-11-18-10-4-3-5-15(18)16(19)20/h6-9,15H,3-5,10-12H2,1-2H3,(H,19,20). The molecule has 1 heterocycles. The van der Waals surface area contributed by atoms with Gasteiger partial charge in [0, 0.05) is 20.6 Å². The van der Waals surface area contributed by atoms with Crippen LogP contribution in [0.15, 0.2) is 29.2 Å². The van der Waals surface area contributed by atoms with Crippen molar-refractivity contribution < 1.29 is 23.1 Å². The molecule has 1 saturated heterocycles. The molecule has 134 valence electrons. The molecule has 1 aliphatic rings. The van der Waals surface area contributed by atoms with Gasteiger partial charge in [0.25, 0.3) is 0 Å². The Morgan fingerprint density at radius 2 is 1.96 bits per heavy atom. The van der Waals surface area contributed by atoms with Gasteiger partial charge in [0.05, 0.1) is 4.90 Å². The number of aliphatic carboxylic acids is 1. The lowest BCUT2D eigenvalue weighted by atomic mass is 10.0. The van der Waals surface area contributed by atoms with E-state index < -0.39 is 22.0 Å². The SMILES string of the molecule is CN(C)S(=O)(=O)c1ccc(OCCN2CCCCC2C(=O)O)cc1. The number of sulfonamides is 1. The van der Waals surface area contributed by atoms with Crippen molar-refractivity contribution in [2.45, 2.75) is 30.2 Å². The van der Waals surface area contributed by atoms with E-state index in [0.717, 1.165) is 23.7 Å². The number of benzene rings is 1. The van der Waals surface area contributed by atoms with Crippen LogP contribution in [-0.4, -0.2) is 68.5 Å². The van der Waals surface area contributed by atoms with Crippen molar-refractivity contribution in [2.75, 3.05) is 33.8 Å². The van der Waals surface area contributed by atoms with Gasteiger partial charge >= 0.3 is 5.97 Å². The van der Waals surface area contributed by atoms with Crippen LogP contribution in [0.3, 0.4) is 0 Å². The van der Waals surface area contributed by atoms with Gasteiger partial charge in [0.2, 0.25) is 10.0 Å². The van der Waals surface area contributed by atoms with Crippen molar-refractivity contribution in [1.29, 1.82) is 0 Å². The second kappa shape index (κ2) is 7.96. The molecule has 7 nitrogen and oxygen atoms in total. The first-order chi connectivity index (χ1) is 11.3. The monoisotopic (exact) mass is 356 g/mol. The van der Waals surface area contributed by atoms with E-state index in [1.165, 1.54) is 26.2 Å². The fourth-order valence-electron chi connectivity index (χ4n) is 2.74. The summed E-state index contributed by atoms with van der Waals surface area (Å²) in [4.78, 5) is 13.4. The largest absolute Gasteiger partial charge is 0.492 e. The van der Waals surface area contributed by atoms with Crippen molar-refractivity contribution in [3.05, 3.63) is 24.3 Å². The van der Waals surface area contributed by atoms with Gasteiger partial charge in [-0.25, -0.2) is 12.7 Å². The topological polar surface area (TPSA) is 87.2 Å². The molecule has 0 aliphatic carbocycles. The predicted octanol–water partition coefficient (Wildman–Crippen LogP) is 1.25. The highest BCUT2D eigenvalue weighted by Crippen LogP contribution is 2.19. The Hall–Kier alpha value is -1.64. The van der Waals surface area contributed by atoms with E-state index in [-0.39, 0.29) is 4.90 Å². The maximum absolute atomic E-state index is 12.0. The minimum Gasteiger partial charge on any atom is -0.492 e. The number of hydrogen-bond donors (Lipinski definition) is 1. The van der Waals surface area contributed by atoms with Gasteiger partial charge in [-0.2, -0.15) is 0 Å². The molecule has 1 aliphatic heterocycles. The lowest BCUT2D eigenvalue weighted by molar-refractivity contribution is -0.144. The second-order valence-electron chi connectivity index (χ2n) is 5.99. The van der Waals surface area contributed by atoms with Crippen molar-refractivity contribution in [3.63, 3.8) is 0 Å². The number of likely N-dealkylation sites (tertiary alicyclic amines) is 1. The number of carboxylic acid groups (broad SMARTS) is 1. The van der Waals surface area contributed by atoms with Gasteiger partial charge in [-0.15, -0.1) is 0 Å². The molecule has 1 unspecified atom stereocenters. The summed E-state index contributed by atoms with van der Waals surface area (Å²) in [7, 11) is -0.477. The number of nitrogens with zero attached hydrogens (tertiary/aromatic N) is 2. The number of rotatable bonds is 7. The van der Waals surface area contributed by atoms with E-state index in [9.17, 15) is 18.3 Å². The maximum Gasteiger partial charge on any atom is 0.320 e. The third kappa shape index (κ3) is 4.46. The second-order valence-corrected chi connectivity index (χ2v) is 8.14. The van der Waals surface area contributed by atoms with Crippen LogP contribution >= 0.6 is 0 Å². The highest BCUT2D eigenvalue weighted by molar-refractivity contribution is 7.89. The molecular formula is C16H24N2O5S. The number of hydrogen-bond acceptors (Lipinski definition) is 5. The number of piperidine rings is 1. The zero-order valence-corrected chi connectivity index (χ0v) is 14.8. The molecule has 2 rings (SSSR count). The summed E-state index contributed by atoms with van der Waals surface area (Å²) in [6.07, 6.45) is 2.61. The third-order valence-electron chi connectivity index (χ3n) is 4.15. The highest BCUT2D eigenvalue weighted by atomic mass is 32.2. The van der Waals surface area contributed by atoms with Crippen LogP contribution in [0.1, 0.15) is 19.3 Å². The first-order valence-electron chi connectivity index (χ1n) is 7.94. The summed E-state index contributed by atoms with van der Waals surface area (Å²) in [5.74, 6) is -0.218. The Kier molecular flexibility index (Phi) is 6.20. The molecule has 0 radical (unpaired) electrons. The molecular weight excluding hydrogens is 332 g/mol. The van der Waals surface area contributed by atoms with Gasteiger partial charge < -0.3 is 9.84 Å². The van der Waals surface area contributed by atoms with E-state index in [0.29, 0.717) is 25.3 Å². The zero-order valence-electron chi connectivity index (χ0n) is 14.0. The predicted molar refractivity (Wildman–Crippen MR) is 89.7 cm³/mol. The molecule has 0 spiro atoms. The average Bonchev–Trinajstić information content (AvgIpc) is 2.55. The van der Waals surface area contributed by atoms with Crippen molar-refractivity contribution in [1.82, 2.24) is 9.21 Å². The Balaban J connectivity index is 1.90. The average molecular weight is 356 g/mol. The van der Waals surface area contributed by atoms with Crippen LogP contribution in [0, 0.1) is 0 Å². The minimum absolute atomic E-state index is 0.210. The smallest absolute Gasteiger partial charge is 0.320 e. The van der Waals surface area contributed by atoms with E-state index in [4.69, 9.17) is 4.74 Å². The first-order valence-corrected chi connectivity index (χ1v) is 9.38. The molecule has 1 aromatic carbocycles. The van der Waals surface area contributed by atoms with Crippen LogP contribution in [0.5, 0.6) is 5.75 Å². The molecule has 0 amide bonds. The van der Waals surface area contributed by atoms with Crippen LogP contribution in [-0.2, 0) is 14.8 Å². The van der Waals surface area contributed by atoms with Crippen molar-refractivity contribution in [2.24, 2.45) is 0 Å². The summed E-state index contributed by atoms with van der Waals surface area (Å²) in [5.41, 5.74) is 0. The van der Waals surface area contributed by atoms with Crippen LogP contribution in [0.2, 0.25) is 0 Å². The lowest BCUT2D eigenvalue weighted by Crippen LogP contribution is -2.46. The Morgan fingerprint density at radius 1 is 1.29 bits per heavy atom. The summed E-state index contributed by atoms with van der Waals surface area (Å²) in [5, 5.41) is 9.23. The fourth-order valence-corrected chi connectivity index (χ4v) is 3.64. The molecule has 8 heteroatoms. The van der Waals surface area contributed by atoms with E-state index in [1.54, 1.807) is 12.1 Å². The van der Waals surface area contributed by atoms with Gasteiger partial charge in [-0.05, 0) is 43.7 Å². The van der Waals surface area contributed by atoms with Gasteiger partial charge in [-0.3, -0.25) is 9.69 Å². The van der Waals surface area contributed by atoms with Crippen LogP contribution in [0.25, 0.3) is 0 Å². The number of carbonyl (C=O) groups is 1. The molecule has 1 atom stereocenters. The summed E-state index contributed by atoms with van der Waals surface area (Å²) < 4.78 is 30.8. The van der Waals surface area contributed by atoms with Crippen LogP contribution in [0.4, 0.5) is 0 Å². The van der Waals surface area contributed by atoms with E-state index in [2.05, 4.69) is 0 Å². The van der Waals surface area contributed by atoms with E-state index in [1.807, 2.05) is 4.90 Å². The third-order valence-corrected chi connectivity index (χ3v) is 5.98. The van der Waals surface area contributed by atoms with Crippen molar-refractivity contribution >= 4 is 16.0 Å². The normalized spacial score (nSPS) is 19.4. The molecule has 0 aromatic heterocycles. The van der Waals surface area contributed by atoms with Gasteiger partial charge in [0.15, 0.2) is 0 Å². The summed E-state index contributed by atoms with van der Waals surface area (Å²) in [6.45, 7) is 1.67. The van der Waals surface area contributed by atoms with Crippen LogP contribution < -0.4 is 4.74 Å². The van der Waals surface area contributed by atoms with Crippen molar-refractivity contribution in [3.8, 4) is 5.75 Å². The number of carboxylic acids is 1.